The van der Waals surface area contributed by atoms with Crippen molar-refractivity contribution in [2.45, 2.75) is 173 Å². The van der Waals surface area contributed by atoms with Gasteiger partial charge in [-0.1, -0.05) is 154 Å². The maximum Gasteiger partial charge on any atom is 0.306 e. The summed E-state index contributed by atoms with van der Waals surface area (Å²) < 4.78 is 22.9. The maximum absolute atomic E-state index is 11.9. The molecule has 0 radical (unpaired) electrons. The number of carbonyl (C=O) groups excluding carboxylic acids is 2. The molecule has 4 aromatic carbocycles. The lowest BCUT2D eigenvalue weighted by molar-refractivity contribution is -0.146. The van der Waals surface area contributed by atoms with Gasteiger partial charge in [-0.3, -0.25) is 9.59 Å². The highest BCUT2D eigenvalue weighted by Crippen LogP contribution is 2.56. The second-order valence-corrected chi connectivity index (χ2v) is 23.4. The third kappa shape index (κ3) is 17.4. The van der Waals surface area contributed by atoms with Crippen molar-refractivity contribution >= 4 is 34.6 Å². The molecule has 0 N–H and O–H groups in total. The van der Waals surface area contributed by atoms with Crippen LogP contribution in [0.5, 0.6) is 11.5 Å². The van der Waals surface area contributed by atoms with Crippen molar-refractivity contribution in [1.29, 1.82) is 0 Å². The summed E-state index contributed by atoms with van der Waals surface area (Å²) in [4.78, 5) is 29.0. The summed E-state index contributed by atoms with van der Waals surface area (Å²) in [5, 5.41) is 0. The Labute approximate surface area is 481 Å². The molecule has 79 heavy (non-hydrogen) atoms. The summed E-state index contributed by atoms with van der Waals surface area (Å²) in [5.74, 6) is 1.50. The van der Waals surface area contributed by atoms with Gasteiger partial charge in [-0.25, -0.2) is 0 Å². The number of thiophene rings is 2. The molecular formula is C71H86O6S2. The van der Waals surface area contributed by atoms with Crippen LogP contribution in [0, 0.1) is 0 Å². The second kappa shape index (κ2) is 32.1. The van der Waals surface area contributed by atoms with Crippen molar-refractivity contribution in [1.82, 2.24) is 0 Å². The Balaban J connectivity index is 0.862. The van der Waals surface area contributed by atoms with Crippen molar-refractivity contribution in [3.05, 3.63) is 171 Å². The first-order valence-corrected chi connectivity index (χ1v) is 31.2. The number of rotatable bonds is 38. The van der Waals surface area contributed by atoms with Crippen LogP contribution in [0.1, 0.15) is 166 Å². The lowest BCUT2D eigenvalue weighted by atomic mass is 9.71. The van der Waals surface area contributed by atoms with E-state index in [-0.39, 0.29) is 17.4 Å². The minimum Gasteiger partial charge on any atom is -0.494 e. The van der Waals surface area contributed by atoms with Crippen LogP contribution in [0.2, 0.25) is 0 Å². The molecule has 2 heterocycles. The van der Waals surface area contributed by atoms with E-state index in [1.54, 1.807) is 24.3 Å². The van der Waals surface area contributed by atoms with Gasteiger partial charge >= 0.3 is 11.9 Å². The van der Waals surface area contributed by atoms with Gasteiger partial charge in [0.25, 0.3) is 0 Å². The predicted octanol–water partition coefficient (Wildman–Crippen LogP) is 20.7. The third-order valence-electron chi connectivity index (χ3n) is 15.3. The lowest BCUT2D eigenvalue weighted by Gasteiger charge is -2.32. The Kier molecular flexibility index (Phi) is 24.6. The molecule has 0 aliphatic heterocycles. The Morgan fingerprint density at radius 3 is 1.09 bits per heavy atom. The number of ether oxygens (including phenoxy) is 4. The first kappa shape index (κ1) is 60.4. The number of unbranched alkanes of at least 4 members (excludes halogenated alkanes) is 14. The summed E-state index contributed by atoms with van der Waals surface area (Å²) in [6.45, 7) is 20.8. The van der Waals surface area contributed by atoms with E-state index in [1.165, 1.54) is 103 Å². The minimum atomic E-state index is -0.394. The molecular weight excluding hydrogens is 1010 g/mol. The smallest absolute Gasteiger partial charge is 0.306 e. The van der Waals surface area contributed by atoms with Gasteiger partial charge in [0.1, 0.15) is 23.7 Å². The third-order valence-corrected chi connectivity index (χ3v) is 17.7. The average molecular weight is 1100 g/mol. The van der Waals surface area contributed by atoms with Gasteiger partial charge < -0.3 is 18.9 Å². The van der Waals surface area contributed by atoms with Crippen LogP contribution in [0.4, 0.5) is 0 Å². The first-order valence-electron chi connectivity index (χ1n) is 29.6. The van der Waals surface area contributed by atoms with Gasteiger partial charge in [0, 0.05) is 37.8 Å². The second-order valence-electron chi connectivity index (χ2n) is 21.2. The van der Waals surface area contributed by atoms with E-state index in [1.807, 2.05) is 22.7 Å². The van der Waals surface area contributed by atoms with Gasteiger partial charge in [0.2, 0.25) is 0 Å². The topological polar surface area (TPSA) is 71.1 Å². The molecule has 1 aliphatic carbocycles. The van der Waals surface area contributed by atoms with Crippen LogP contribution in [0.25, 0.3) is 52.9 Å². The summed E-state index contributed by atoms with van der Waals surface area (Å²) in [7, 11) is 0. The lowest BCUT2D eigenvalue weighted by Crippen LogP contribution is -2.25. The fourth-order valence-electron chi connectivity index (χ4n) is 11.1. The molecule has 0 fully saturated rings. The number of hydrogen-bond acceptors (Lipinski definition) is 8. The van der Waals surface area contributed by atoms with E-state index in [0.29, 0.717) is 12.8 Å². The summed E-state index contributed by atoms with van der Waals surface area (Å²) in [6, 6.07) is 40.9. The molecule has 6 nitrogen and oxygen atoms in total. The van der Waals surface area contributed by atoms with Crippen LogP contribution in [0.3, 0.4) is 0 Å². The molecule has 8 heteroatoms. The highest BCUT2D eigenvalue weighted by Gasteiger charge is 2.42. The van der Waals surface area contributed by atoms with E-state index >= 15 is 0 Å². The zero-order chi connectivity index (χ0) is 55.7. The molecule has 1 aliphatic rings. The first-order chi connectivity index (χ1) is 38.7. The Hall–Kier alpha value is -6.22. The van der Waals surface area contributed by atoms with E-state index in [2.05, 4.69) is 149 Å². The summed E-state index contributed by atoms with van der Waals surface area (Å²) in [6.07, 6.45) is 28.8. The molecule has 0 bridgehead atoms. The number of fused-ring (bicyclic) bond motifs is 3. The Morgan fingerprint density at radius 2 is 0.747 bits per heavy atom. The standard InChI is InChI=1S/C71H86O6S2/c1-7-47-71(48-8-2)63-51-55(67-45-43-65(78-67)53-31-37-59(38-32-53)74-49-27-23-19-15-13-17-21-25-29-69(72)76-57(9-3)10-4)35-41-61(63)62-42-36-56(52-64(62)71)68-46-44-66(79-68)54-33-39-60(40-34-54)75-50-28-24-20-16-14-18-22-26-30-70(73)77-58(11-5)12-6/h9-12,31-46,51-52,57-58H,3-8,13-30,47-50H2,1-2H3. The van der Waals surface area contributed by atoms with Gasteiger partial charge in [0.05, 0.1) is 13.2 Å². The van der Waals surface area contributed by atoms with E-state index in [4.69, 9.17) is 18.9 Å². The highest BCUT2D eigenvalue weighted by atomic mass is 32.1. The molecule has 0 spiro atoms. The SMILES string of the molecule is C=CC(C=C)OC(=O)CCCCCCCCCCOc1ccc(-c2ccc(-c3ccc4c(c3)C(CCC)(CCC)c3cc(-c5ccc(-c6ccc(OCCCCCCCCCCC(=O)OC(C=C)C=C)cc6)s5)ccc3-4)s2)cc1. The molecule has 0 saturated heterocycles. The molecule has 0 unspecified atom stereocenters. The number of hydrogen-bond donors (Lipinski definition) is 0. The number of benzene rings is 4. The average Bonchev–Trinajstić information content (AvgIpc) is 4.43. The number of esters is 2. The quantitative estimate of drug-likeness (QED) is 0.0219. The van der Waals surface area contributed by atoms with Crippen LogP contribution in [-0.2, 0) is 24.5 Å². The normalized spacial score (nSPS) is 12.3. The zero-order valence-corrected chi connectivity index (χ0v) is 49.1. The monoisotopic (exact) mass is 1100 g/mol. The largest absolute Gasteiger partial charge is 0.494 e. The molecule has 0 amide bonds. The molecule has 2 aromatic heterocycles. The fourth-order valence-corrected chi connectivity index (χ4v) is 13.1. The fraction of sp³-hybridized carbons (Fsp3) is 0.408. The zero-order valence-electron chi connectivity index (χ0n) is 47.4. The van der Waals surface area contributed by atoms with Crippen molar-refractivity contribution in [2.24, 2.45) is 0 Å². The minimum absolute atomic E-state index is 0.0324. The van der Waals surface area contributed by atoms with Crippen LogP contribution < -0.4 is 9.47 Å². The number of carbonyl (C=O) groups is 2. The van der Waals surface area contributed by atoms with Crippen molar-refractivity contribution in [3.8, 4) is 64.4 Å². The predicted molar refractivity (Wildman–Crippen MR) is 335 cm³/mol. The van der Waals surface area contributed by atoms with Gasteiger partial charge in [-0.05, 0) is 192 Å². The molecule has 6 aromatic rings. The summed E-state index contributed by atoms with van der Waals surface area (Å²) >= 11 is 3.73. The van der Waals surface area contributed by atoms with Crippen LogP contribution >= 0.6 is 22.7 Å². The van der Waals surface area contributed by atoms with Gasteiger partial charge in [-0.15, -0.1) is 22.7 Å². The van der Waals surface area contributed by atoms with Crippen molar-refractivity contribution in [2.75, 3.05) is 13.2 Å². The molecule has 0 saturated carbocycles. The van der Waals surface area contributed by atoms with E-state index in [0.717, 1.165) is 115 Å². The highest BCUT2D eigenvalue weighted by molar-refractivity contribution is 7.19. The Morgan fingerprint density at radius 1 is 0.430 bits per heavy atom. The van der Waals surface area contributed by atoms with Crippen molar-refractivity contribution in [3.63, 3.8) is 0 Å². The van der Waals surface area contributed by atoms with Crippen LogP contribution in [-0.4, -0.2) is 37.4 Å². The molecule has 0 atom stereocenters. The van der Waals surface area contributed by atoms with E-state index in [9.17, 15) is 9.59 Å². The van der Waals surface area contributed by atoms with E-state index < -0.39 is 12.2 Å². The van der Waals surface area contributed by atoms with Crippen LogP contribution in [0.15, 0.2) is 160 Å². The Bertz CT molecular complexity index is 2660. The van der Waals surface area contributed by atoms with Crippen molar-refractivity contribution < 1.29 is 28.5 Å². The maximum atomic E-state index is 11.9. The molecule has 7 rings (SSSR count). The van der Waals surface area contributed by atoms with Gasteiger partial charge in [-0.2, -0.15) is 0 Å². The summed E-state index contributed by atoms with van der Waals surface area (Å²) in [5.41, 5.74) is 10.7. The molecule has 418 valence electrons. The van der Waals surface area contributed by atoms with Gasteiger partial charge in [0.15, 0.2) is 0 Å².